The number of aliphatic hydroxyl groups excluding tert-OH is 1. The third kappa shape index (κ3) is 3.07. The Balaban J connectivity index is 1.70. The molecule has 0 saturated heterocycles. The molecule has 4 rings (SSSR count). The van der Waals surface area contributed by atoms with E-state index in [2.05, 4.69) is 44.1 Å². The molecular weight excluding hydrogens is 326 g/mol. The van der Waals surface area contributed by atoms with Crippen LogP contribution in [0.5, 0.6) is 0 Å². The zero-order valence-corrected chi connectivity index (χ0v) is 14.6. The predicted octanol–water partition coefficient (Wildman–Crippen LogP) is 3.20. The van der Waals surface area contributed by atoms with Crippen molar-refractivity contribution in [3.8, 4) is 22.4 Å². The Bertz CT molecular complexity index is 1020. The third-order valence-corrected chi connectivity index (χ3v) is 4.39. The molecule has 132 valence electrons. The van der Waals surface area contributed by atoms with Gasteiger partial charge in [-0.15, -0.1) is 0 Å². The quantitative estimate of drug-likeness (QED) is 0.526. The fourth-order valence-electron chi connectivity index (χ4n) is 3.08. The standard InChI is InChI=1S/C20H21N5O/c1-24-14-17(12-23-24)15-6-8-16(9-7-15)18-13-22-20-5-2-4-19(25(18)20)21-10-3-11-26/h2,4-9,12-14,21,26H,3,10-11H2,1H3. The largest absolute Gasteiger partial charge is 0.396 e. The first-order chi connectivity index (χ1) is 12.8. The highest BCUT2D eigenvalue weighted by atomic mass is 16.3. The van der Waals surface area contributed by atoms with Gasteiger partial charge in [0.15, 0.2) is 0 Å². The lowest BCUT2D eigenvalue weighted by Crippen LogP contribution is -2.07. The van der Waals surface area contributed by atoms with E-state index in [4.69, 9.17) is 5.11 Å². The average Bonchev–Trinajstić information content (AvgIpc) is 3.29. The predicted molar refractivity (Wildman–Crippen MR) is 103 cm³/mol. The van der Waals surface area contributed by atoms with Crippen molar-refractivity contribution in [3.05, 3.63) is 61.1 Å². The Kier molecular flexibility index (Phi) is 4.41. The van der Waals surface area contributed by atoms with Crippen LogP contribution in [0, 0.1) is 0 Å². The number of nitrogens with one attached hydrogen (secondary N) is 1. The number of imidazole rings is 1. The van der Waals surface area contributed by atoms with Gasteiger partial charge in [0, 0.05) is 37.5 Å². The number of aliphatic hydroxyl groups is 1. The van der Waals surface area contributed by atoms with Crippen molar-refractivity contribution < 1.29 is 5.11 Å². The molecule has 0 aliphatic heterocycles. The van der Waals surface area contributed by atoms with Crippen LogP contribution >= 0.6 is 0 Å². The Hall–Kier alpha value is -3.12. The minimum Gasteiger partial charge on any atom is -0.396 e. The second kappa shape index (κ2) is 7.01. The van der Waals surface area contributed by atoms with Gasteiger partial charge in [0.2, 0.25) is 0 Å². The number of fused-ring (bicyclic) bond motifs is 1. The van der Waals surface area contributed by atoms with Crippen molar-refractivity contribution in [2.45, 2.75) is 6.42 Å². The molecule has 0 radical (unpaired) electrons. The molecule has 0 aliphatic rings. The summed E-state index contributed by atoms with van der Waals surface area (Å²) in [6.45, 7) is 0.892. The van der Waals surface area contributed by atoms with Crippen LogP contribution < -0.4 is 5.32 Å². The van der Waals surface area contributed by atoms with E-state index in [0.717, 1.165) is 33.8 Å². The van der Waals surface area contributed by atoms with Gasteiger partial charge in [-0.05, 0) is 24.1 Å². The molecule has 2 N–H and O–H groups in total. The van der Waals surface area contributed by atoms with Gasteiger partial charge in [0.05, 0.1) is 18.1 Å². The second-order valence-corrected chi connectivity index (χ2v) is 6.23. The average molecular weight is 347 g/mol. The lowest BCUT2D eigenvalue weighted by atomic mass is 10.1. The van der Waals surface area contributed by atoms with E-state index < -0.39 is 0 Å². The van der Waals surface area contributed by atoms with E-state index in [1.54, 1.807) is 4.68 Å². The first-order valence-electron chi connectivity index (χ1n) is 8.67. The van der Waals surface area contributed by atoms with Gasteiger partial charge >= 0.3 is 0 Å². The number of benzene rings is 1. The number of nitrogens with zero attached hydrogens (tertiary/aromatic N) is 4. The molecule has 6 heteroatoms. The molecule has 0 amide bonds. The summed E-state index contributed by atoms with van der Waals surface area (Å²) in [5.74, 6) is 0.972. The van der Waals surface area contributed by atoms with Crippen LogP contribution in [0.2, 0.25) is 0 Å². The Morgan fingerprint density at radius 1 is 1.00 bits per heavy atom. The third-order valence-electron chi connectivity index (χ3n) is 4.39. The first-order valence-corrected chi connectivity index (χ1v) is 8.67. The van der Waals surface area contributed by atoms with Crippen LogP contribution in [0.1, 0.15) is 6.42 Å². The summed E-state index contributed by atoms with van der Waals surface area (Å²) in [5.41, 5.74) is 5.26. The number of aryl methyl sites for hydroxylation is 1. The van der Waals surface area contributed by atoms with Crippen LogP contribution in [0.25, 0.3) is 28.0 Å². The highest BCUT2D eigenvalue weighted by Gasteiger charge is 2.10. The molecule has 3 heterocycles. The maximum Gasteiger partial charge on any atom is 0.138 e. The molecule has 6 nitrogen and oxygen atoms in total. The molecule has 0 unspecified atom stereocenters. The summed E-state index contributed by atoms with van der Waals surface area (Å²) >= 11 is 0. The smallest absolute Gasteiger partial charge is 0.138 e. The van der Waals surface area contributed by atoms with Crippen molar-refractivity contribution in [3.63, 3.8) is 0 Å². The molecular formula is C20H21N5O. The number of hydrogen-bond donors (Lipinski definition) is 2. The maximum absolute atomic E-state index is 9.01. The van der Waals surface area contributed by atoms with Crippen molar-refractivity contribution >= 4 is 11.5 Å². The van der Waals surface area contributed by atoms with Gasteiger partial charge < -0.3 is 10.4 Å². The number of pyridine rings is 1. The molecule has 0 atom stereocenters. The molecule has 0 fully saturated rings. The second-order valence-electron chi connectivity index (χ2n) is 6.23. The molecule has 0 aliphatic carbocycles. The zero-order valence-electron chi connectivity index (χ0n) is 14.6. The minimum absolute atomic E-state index is 0.176. The summed E-state index contributed by atoms with van der Waals surface area (Å²) in [4.78, 5) is 4.53. The summed E-state index contributed by atoms with van der Waals surface area (Å²) in [6, 6.07) is 14.4. The maximum atomic E-state index is 9.01. The Labute approximate surface area is 151 Å². The zero-order chi connectivity index (χ0) is 17.9. The minimum atomic E-state index is 0.176. The van der Waals surface area contributed by atoms with Gasteiger partial charge in [0.25, 0.3) is 0 Å². The van der Waals surface area contributed by atoms with Gasteiger partial charge in [-0.2, -0.15) is 5.10 Å². The van der Waals surface area contributed by atoms with Crippen LogP contribution in [-0.4, -0.2) is 37.4 Å². The first kappa shape index (κ1) is 16.4. The lowest BCUT2D eigenvalue weighted by Gasteiger charge is -2.11. The summed E-state index contributed by atoms with van der Waals surface area (Å²) in [7, 11) is 1.92. The molecule has 1 aromatic carbocycles. The molecule has 0 bridgehead atoms. The van der Waals surface area contributed by atoms with Crippen LogP contribution in [0.15, 0.2) is 61.1 Å². The molecule has 26 heavy (non-hydrogen) atoms. The Morgan fingerprint density at radius 2 is 1.81 bits per heavy atom. The van der Waals surface area contributed by atoms with Gasteiger partial charge in [-0.1, -0.05) is 30.3 Å². The van der Waals surface area contributed by atoms with Crippen molar-refractivity contribution in [2.24, 2.45) is 7.05 Å². The topological polar surface area (TPSA) is 67.4 Å². The van der Waals surface area contributed by atoms with E-state index in [1.807, 2.05) is 43.8 Å². The molecule has 0 spiro atoms. The number of hydrogen-bond acceptors (Lipinski definition) is 4. The van der Waals surface area contributed by atoms with Gasteiger partial charge in [-0.3, -0.25) is 9.08 Å². The van der Waals surface area contributed by atoms with Crippen molar-refractivity contribution in [2.75, 3.05) is 18.5 Å². The summed E-state index contributed by atoms with van der Waals surface area (Å²) in [6.07, 6.45) is 6.48. The molecule has 0 saturated carbocycles. The SMILES string of the molecule is Cn1cc(-c2ccc(-c3cnc4cccc(NCCCO)n34)cc2)cn1. The summed E-state index contributed by atoms with van der Waals surface area (Å²) < 4.78 is 3.91. The van der Waals surface area contributed by atoms with Gasteiger partial charge in [0.1, 0.15) is 11.5 Å². The van der Waals surface area contributed by atoms with Gasteiger partial charge in [-0.25, -0.2) is 4.98 Å². The molecule has 4 aromatic rings. The van der Waals surface area contributed by atoms with Crippen LogP contribution in [0.4, 0.5) is 5.82 Å². The number of anilines is 1. The monoisotopic (exact) mass is 347 g/mol. The van der Waals surface area contributed by atoms with Crippen molar-refractivity contribution in [1.82, 2.24) is 19.2 Å². The Morgan fingerprint density at radius 3 is 2.54 bits per heavy atom. The van der Waals surface area contributed by atoms with E-state index in [1.165, 1.54) is 0 Å². The van der Waals surface area contributed by atoms with E-state index in [0.29, 0.717) is 13.0 Å². The van der Waals surface area contributed by atoms with Crippen LogP contribution in [-0.2, 0) is 7.05 Å². The van der Waals surface area contributed by atoms with Crippen LogP contribution in [0.3, 0.4) is 0 Å². The number of rotatable bonds is 6. The lowest BCUT2D eigenvalue weighted by molar-refractivity contribution is 0.292. The summed E-state index contributed by atoms with van der Waals surface area (Å²) in [5, 5.41) is 16.6. The van der Waals surface area contributed by atoms with E-state index in [-0.39, 0.29) is 6.61 Å². The normalized spacial score (nSPS) is 11.2. The highest BCUT2D eigenvalue weighted by molar-refractivity contribution is 5.71. The fourth-order valence-corrected chi connectivity index (χ4v) is 3.08. The van der Waals surface area contributed by atoms with E-state index >= 15 is 0 Å². The highest BCUT2D eigenvalue weighted by Crippen LogP contribution is 2.27. The molecule has 3 aromatic heterocycles. The van der Waals surface area contributed by atoms with E-state index in [9.17, 15) is 0 Å². The fraction of sp³-hybridized carbons (Fsp3) is 0.200. The number of aromatic nitrogens is 4. The van der Waals surface area contributed by atoms with Crippen molar-refractivity contribution in [1.29, 1.82) is 0 Å².